The van der Waals surface area contributed by atoms with Gasteiger partial charge in [0.2, 0.25) is 0 Å². The minimum Gasteiger partial charge on any atom is -0.486 e. The number of hydrogen-bond acceptors (Lipinski definition) is 4. The molecule has 0 atom stereocenters. The lowest BCUT2D eigenvalue weighted by molar-refractivity contribution is 0.111. The highest BCUT2D eigenvalue weighted by Gasteiger charge is 2.15. The fourth-order valence-electron chi connectivity index (χ4n) is 1.99. The van der Waals surface area contributed by atoms with Gasteiger partial charge in [0.1, 0.15) is 18.9 Å². The van der Waals surface area contributed by atoms with Crippen molar-refractivity contribution in [3.05, 3.63) is 30.2 Å². The molecule has 0 unspecified atom stereocenters. The van der Waals surface area contributed by atoms with Gasteiger partial charge in [0.05, 0.1) is 12.0 Å². The molecule has 3 rings (SSSR count). The van der Waals surface area contributed by atoms with Gasteiger partial charge in [0.25, 0.3) is 0 Å². The maximum Gasteiger partial charge on any atom is 0.168 e. The number of nitrogens with zero attached hydrogens (tertiary/aromatic N) is 2. The number of imidazole rings is 1. The molecule has 0 radical (unpaired) electrons. The molecule has 1 aliphatic rings. The Morgan fingerprint density at radius 3 is 2.83 bits per heavy atom. The predicted molar refractivity (Wildman–Crippen MR) is 65.0 cm³/mol. The molecule has 18 heavy (non-hydrogen) atoms. The van der Waals surface area contributed by atoms with Crippen molar-refractivity contribution in [1.82, 2.24) is 9.55 Å². The van der Waals surface area contributed by atoms with Gasteiger partial charge in [0, 0.05) is 12.6 Å². The third-order valence-corrected chi connectivity index (χ3v) is 2.91. The Kier molecular flexibility index (Phi) is 2.51. The summed E-state index contributed by atoms with van der Waals surface area (Å²) in [6.07, 6.45) is 2.43. The van der Waals surface area contributed by atoms with Crippen LogP contribution in [0.15, 0.2) is 24.5 Å². The Labute approximate surface area is 104 Å². The highest BCUT2D eigenvalue weighted by atomic mass is 16.6. The molecule has 0 bridgehead atoms. The minimum atomic E-state index is 0.541. The standard InChI is InChI=1S/C13H12N2O3/c1-15-8-14-13(10(15)7-16)9-2-3-11-12(6-9)18-5-4-17-11/h2-3,6-8H,4-5H2,1H3. The molecule has 0 saturated carbocycles. The van der Waals surface area contributed by atoms with Crippen molar-refractivity contribution < 1.29 is 14.3 Å². The van der Waals surface area contributed by atoms with Gasteiger partial charge < -0.3 is 14.0 Å². The third kappa shape index (κ3) is 1.64. The Morgan fingerprint density at radius 1 is 1.28 bits per heavy atom. The van der Waals surface area contributed by atoms with Gasteiger partial charge in [-0.2, -0.15) is 0 Å². The number of aldehydes is 1. The first-order valence-electron chi connectivity index (χ1n) is 5.66. The van der Waals surface area contributed by atoms with E-state index in [2.05, 4.69) is 4.98 Å². The van der Waals surface area contributed by atoms with Gasteiger partial charge in [-0.1, -0.05) is 0 Å². The molecule has 5 nitrogen and oxygen atoms in total. The Bertz CT molecular complexity index is 604. The second-order valence-corrected chi connectivity index (χ2v) is 4.07. The van der Waals surface area contributed by atoms with Gasteiger partial charge in [-0.25, -0.2) is 4.98 Å². The van der Waals surface area contributed by atoms with E-state index in [1.54, 1.807) is 17.9 Å². The van der Waals surface area contributed by atoms with Crippen molar-refractivity contribution in [2.24, 2.45) is 7.05 Å². The van der Waals surface area contributed by atoms with Crippen molar-refractivity contribution in [3.8, 4) is 22.8 Å². The van der Waals surface area contributed by atoms with Crippen molar-refractivity contribution in [2.45, 2.75) is 0 Å². The number of aromatic nitrogens is 2. The summed E-state index contributed by atoms with van der Waals surface area (Å²) in [6, 6.07) is 5.57. The topological polar surface area (TPSA) is 53.4 Å². The molecule has 2 heterocycles. The third-order valence-electron chi connectivity index (χ3n) is 2.91. The average molecular weight is 244 g/mol. The maximum absolute atomic E-state index is 11.1. The van der Waals surface area contributed by atoms with Crippen LogP contribution in [0.25, 0.3) is 11.3 Å². The molecule has 0 aliphatic carbocycles. The van der Waals surface area contributed by atoms with E-state index < -0.39 is 0 Å². The molecule has 1 aromatic heterocycles. The molecule has 0 saturated heterocycles. The number of fused-ring (bicyclic) bond motifs is 1. The summed E-state index contributed by atoms with van der Waals surface area (Å²) in [5.74, 6) is 1.43. The van der Waals surface area contributed by atoms with Gasteiger partial charge in [-0.15, -0.1) is 0 Å². The summed E-state index contributed by atoms with van der Waals surface area (Å²) in [4.78, 5) is 15.3. The van der Waals surface area contributed by atoms with Crippen LogP contribution in [-0.4, -0.2) is 29.1 Å². The van der Waals surface area contributed by atoms with Crippen LogP contribution in [0.1, 0.15) is 10.5 Å². The molecule has 0 spiro atoms. The van der Waals surface area contributed by atoms with E-state index in [1.165, 1.54) is 0 Å². The lowest BCUT2D eigenvalue weighted by Gasteiger charge is -2.18. The van der Waals surface area contributed by atoms with Crippen LogP contribution in [0.5, 0.6) is 11.5 Å². The number of aryl methyl sites for hydroxylation is 1. The fraction of sp³-hybridized carbons (Fsp3) is 0.231. The lowest BCUT2D eigenvalue weighted by atomic mass is 10.1. The number of carbonyl (C=O) groups excluding carboxylic acids is 1. The van der Waals surface area contributed by atoms with E-state index in [9.17, 15) is 4.79 Å². The van der Waals surface area contributed by atoms with E-state index in [-0.39, 0.29) is 0 Å². The van der Waals surface area contributed by atoms with Crippen molar-refractivity contribution in [3.63, 3.8) is 0 Å². The van der Waals surface area contributed by atoms with Gasteiger partial charge in [-0.3, -0.25) is 4.79 Å². The summed E-state index contributed by atoms with van der Waals surface area (Å²) in [5.41, 5.74) is 2.05. The maximum atomic E-state index is 11.1. The predicted octanol–water partition coefficient (Wildman–Crippen LogP) is 1.67. The van der Waals surface area contributed by atoms with Gasteiger partial charge in [-0.05, 0) is 18.2 Å². The molecule has 5 heteroatoms. The molecule has 1 aromatic carbocycles. The minimum absolute atomic E-state index is 0.541. The van der Waals surface area contributed by atoms with Crippen LogP contribution < -0.4 is 9.47 Å². The van der Waals surface area contributed by atoms with E-state index >= 15 is 0 Å². The zero-order valence-electron chi connectivity index (χ0n) is 9.92. The number of benzene rings is 1. The normalized spacial score (nSPS) is 13.4. The zero-order valence-corrected chi connectivity index (χ0v) is 9.92. The van der Waals surface area contributed by atoms with E-state index in [0.29, 0.717) is 30.4 Å². The van der Waals surface area contributed by atoms with Crippen LogP contribution in [0, 0.1) is 0 Å². The van der Waals surface area contributed by atoms with Gasteiger partial charge >= 0.3 is 0 Å². The summed E-state index contributed by atoms with van der Waals surface area (Å²) in [7, 11) is 1.79. The smallest absolute Gasteiger partial charge is 0.168 e. The van der Waals surface area contributed by atoms with E-state index in [4.69, 9.17) is 9.47 Å². The van der Waals surface area contributed by atoms with E-state index in [0.717, 1.165) is 17.6 Å². The summed E-state index contributed by atoms with van der Waals surface area (Å²) in [6.45, 7) is 1.11. The molecule has 0 amide bonds. The highest BCUT2D eigenvalue weighted by molar-refractivity contribution is 5.84. The molecule has 0 N–H and O–H groups in total. The average Bonchev–Trinajstić information content (AvgIpc) is 2.79. The van der Waals surface area contributed by atoms with E-state index in [1.807, 2.05) is 18.2 Å². The van der Waals surface area contributed by atoms with Gasteiger partial charge in [0.15, 0.2) is 17.8 Å². The number of hydrogen-bond donors (Lipinski definition) is 0. The van der Waals surface area contributed by atoms with Crippen LogP contribution in [-0.2, 0) is 7.05 Å². The summed E-state index contributed by atoms with van der Waals surface area (Å²) in [5, 5.41) is 0. The number of ether oxygens (including phenoxy) is 2. The fourth-order valence-corrected chi connectivity index (χ4v) is 1.99. The first-order valence-corrected chi connectivity index (χ1v) is 5.66. The molecule has 92 valence electrons. The molecular formula is C13H12N2O3. The molecule has 0 fully saturated rings. The Hall–Kier alpha value is -2.30. The van der Waals surface area contributed by atoms with Crippen LogP contribution in [0.4, 0.5) is 0 Å². The first kappa shape index (κ1) is 10.8. The monoisotopic (exact) mass is 244 g/mol. The first-order chi connectivity index (χ1) is 8.79. The van der Waals surface area contributed by atoms with Crippen LogP contribution >= 0.6 is 0 Å². The number of rotatable bonds is 2. The second-order valence-electron chi connectivity index (χ2n) is 4.07. The quantitative estimate of drug-likeness (QED) is 0.754. The van der Waals surface area contributed by atoms with Crippen LogP contribution in [0.3, 0.4) is 0 Å². The molecule has 1 aliphatic heterocycles. The molecular weight excluding hydrogens is 232 g/mol. The highest BCUT2D eigenvalue weighted by Crippen LogP contribution is 2.34. The summed E-state index contributed by atoms with van der Waals surface area (Å²) < 4.78 is 12.7. The van der Waals surface area contributed by atoms with Crippen molar-refractivity contribution in [2.75, 3.05) is 13.2 Å². The molecule has 2 aromatic rings. The zero-order chi connectivity index (χ0) is 12.5. The largest absolute Gasteiger partial charge is 0.486 e. The Morgan fingerprint density at radius 2 is 2.06 bits per heavy atom. The van der Waals surface area contributed by atoms with Crippen molar-refractivity contribution >= 4 is 6.29 Å². The second kappa shape index (κ2) is 4.18. The van der Waals surface area contributed by atoms with Crippen LogP contribution in [0.2, 0.25) is 0 Å². The number of carbonyl (C=O) groups is 1. The van der Waals surface area contributed by atoms with Crippen molar-refractivity contribution in [1.29, 1.82) is 0 Å². The lowest BCUT2D eigenvalue weighted by Crippen LogP contribution is -2.15. The summed E-state index contributed by atoms with van der Waals surface area (Å²) >= 11 is 0. The Balaban J connectivity index is 2.09. The SMILES string of the molecule is Cn1cnc(-c2ccc3c(c2)OCCO3)c1C=O.